The van der Waals surface area contributed by atoms with Gasteiger partial charge in [-0.25, -0.2) is 9.38 Å². The lowest BCUT2D eigenvalue weighted by molar-refractivity contribution is -0.497. The third-order valence-electron chi connectivity index (χ3n) is 5.59. The first-order valence-corrected chi connectivity index (χ1v) is 9.98. The van der Waals surface area contributed by atoms with E-state index in [9.17, 15) is 0 Å². The molecule has 5 heteroatoms. The molecule has 0 saturated heterocycles. The second-order valence-electron chi connectivity index (χ2n) is 7.70. The minimum atomic E-state index is 0.867. The van der Waals surface area contributed by atoms with Crippen molar-refractivity contribution >= 4 is 38.8 Å². The Morgan fingerprint density at radius 1 is 0.867 bits per heavy atom. The standard InChI is InChI=1S/C25H20N5/c1-28(2)25-29-14-8-6-12-21(29)24-23(19-11-5-7-13-26-19)27-20-15-17-9-3-4-10-18(17)16-22(20)30(24)25/h3-16H,1-2H3/q+1. The minimum Gasteiger partial charge on any atom is -0.269 e. The molecule has 0 fully saturated rings. The van der Waals surface area contributed by atoms with Gasteiger partial charge in [0.1, 0.15) is 22.2 Å². The van der Waals surface area contributed by atoms with Crippen LogP contribution in [0.25, 0.3) is 44.2 Å². The number of benzene rings is 2. The van der Waals surface area contributed by atoms with Crippen molar-refractivity contribution in [3.8, 4) is 11.4 Å². The van der Waals surface area contributed by atoms with Gasteiger partial charge in [0.2, 0.25) is 0 Å². The Bertz CT molecular complexity index is 1570. The predicted molar refractivity (Wildman–Crippen MR) is 121 cm³/mol. The Morgan fingerprint density at radius 3 is 2.40 bits per heavy atom. The van der Waals surface area contributed by atoms with Gasteiger partial charge in [-0.3, -0.25) is 9.88 Å². The summed E-state index contributed by atoms with van der Waals surface area (Å²) in [6.07, 6.45) is 3.93. The molecule has 6 aromatic rings. The summed E-state index contributed by atoms with van der Waals surface area (Å²) in [5, 5.41) is 2.38. The number of nitrogens with zero attached hydrogens (tertiary/aromatic N) is 5. The summed E-state index contributed by atoms with van der Waals surface area (Å²) in [5.74, 6) is 1.07. The average Bonchev–Trinajstić information content (AvgIpc) is 3.14. The maximum absolute atomic E-state index is 5.13. The van der Waals surface area contributed by atoms with E-state index in [1.807, 2.05) is 24.4 Å². The normalized spacial score (nSPS) is 11.7. The van der Waals surface area contributed by atoms with Crippen LogP contribution in [0.15, 0.2) is 85.2 Å². The summed E-state index contributed by atoms with van der Waals surface area (Å²) >= 11 is 0. The Labute approximate surface area is 173 Å². The molecular weight excluding hydrogens is 370 g/mol. The Hall–Kier alpha value is -3.99. The average molecular weight is 390 g/mol. The van der Waals surface area contributed by atoms with Crippen LogP contribution in [0.3, 0.4) is 0 Å². The topological polar surface area (TPSA) is 37.5 Å². The van der Waals surface area contributed by atoms with Crippen molar-refractivity contribution in [2.45, 2.75) is 0 Å². The number of pyridine rings is 2. The van der Waals surface area contributed by atoms with E-state index in [2.05, 4.69) is 93.6 Å². The van der Waals surface area contributed by atoms with Crippen molar-refractivity contribution in [2.75, 3.05) is 19.0 Å². The fraction of sp³-hybridized carbons (Fsp3) is 0.0800. The van der Waals surface area contributed by atoms with Gasteiger partial charge < -0.3 is 0 Å². The van der Waals surface area contributed by atoms with E-state index in [1.165, 1.54) is 10.8 Å². The smallest absolute Gasteiger partial charge is 0.269 e. The summed E-state index contributed by atoms with van der Waals surface area (Å²) in [6.45, 7) is 0. The van der Waals surface area contributed by atoms with E-state index in [0.29, 0.717) is 0 Å². The fourth-order valence-electron chi connectivity index (χ4n) is 4.34. The molecule has 0 aliphatic carbocycles. The van der Waals surface area contributed by atoms with Crippen molar-refractivity contribution < 1.29 is 4.40 Å². The van der Waals surface area contributed by atoms with Gasteiger partial charge in [0.15, 0.2) is 5.52 Å². The Balaban J connectivity index is 1.93. The highest BCUT2D eigenvalue weighted by Crippen LogP contribution is 2.33. The van der Waals surface area contributed by atoms with Crippen LogP contribution in [0, 0.1) is 0 Å². The van der Waals surface area contributed by atoms with E-state index in [-0.39, 0.29) is 0 Å². The maximum atomic E-state index is 5.13. The lowest BCUT2D eigenvalue weighted by Gasteiger charge is -2.09. The molecule has 30 heavy (non-hydrogen) atoms. The fourth-order valence-corrected chi connectivity index (χ4v) is 4.34. The number of rotatable bonds is 2. The van der Waals surface area contributed by atoms with Crippen LogP contribution in [0.1, 0.15) is 0 Å². The molecular formula is C25H20N5+. The van der Waals surface area contributed by atoms with Gasteiger partial charge >= 0.3 is 5.95 Å². The molecule has 4 aromatic heterocycles. The van der Waals surface area contributed by atoms with Crippen molar-refractivity contribution in [2.24, 2.45) is 0 Å². The SMILES string of the molecule is CN(C)c1n2c3cc4ccccc4cc3nc(-c3ccccn3)c2c2cccc[n+]12. The molecule has 0 unspecified atom stereocenters. The number of hydrogen-bond acceptors (Lipinski definition) is 3. The number of imidazole rings is 1. The van der Waals surface area contributed by atoms with Gasteiger partial charge in [-0.05, 0) is 47.2 Å². The molecule has 144 valence electrons. The van der Waals surface area contributed by atoms with Crippen LogP contribution in [-0.4, -0.2) is 28.5 Å². The molecule has 4 heterocycles. The van der Waals surface area contributed by atoms with E-state index in [4.69, 9.17) is 4.98 Å². The van der Waals surface area contributed by atoms with Crippen LogP contribution in [0.2, 0.25) is 0 Å². The number of aromatic nitrogens is 4. The quantitative estimate of drug-likeness (QED) is 0.323. The minimum absolute atomic E-state index is 0.867. The van der Waals surface area contributed by atoms with Crippen LogP contribution in [-0.2, 0) is 0 Å². The van der Waals surface area contributed by atoms with E-state index >= 15 is 0 Å². The first-order chi connectivity index (χ1) is 14.7. The molecule has 0 N–H and O–H groups in total. The second-order valence-corrected chi connectivity index (χ2v) is 7.70. The molecule has 0 radical (unpaired) electrons. The Morgan fingerprint density at radius 2 is 1.63 bits per heavy atom. The van der Waals surface area contributed by atoms with E-state index in [0.717, 1.165) is 39.4 Å². The highest BCUT2D eigenvalue weighted by Gasteiger charge is 2.27. The number of fused-ring (bicyclic) bond motifs is 6. The van der Waals surface area contributed by atoms with Gasteiger partial charge in [0.05, 0.1) is 26.0 Å². The van der Waals surface area contributed by atoms with Gasteiger partial charge in [-0.2, -0.15) is 4.40 Å². The molecule has 0 spiro atoms. The highest BCUT2D eigenvalue weighted by molar-refractivity contribution is 6.00. The molecule has 0 aliphatic rings. The summed E-state index contributed by atoms with van der Waals surface area (Å²) in [7, 11) is 4.16. The van der Waals surface area contributed by atoms with Gasteiger partial charge in [0.25, 0.3) is 0 Å². The van der Waals surface area contributed by atoms with Crippen LogP contribution >= 0.6 is 0 Å². The molecule has 0 bridgehead atoms. The number of anilines is 1. The van der Waals surface area contributed by atoms with Gasteiger partial charge in [0, 0.05) is 6.20 Å². The van der Waals surface area contributed by atoms with Crippen LogP contribution < -0.4 is 9.30 Å². The summed E-state index contributed by atoms with van der Waals surface area (Å²) in [4.78, 5) is 11.9. The molecule has 5 nitrogen and oxygen atoms in total. The van der Waals surface area contributed by atoms with E-state index in [1.54, 1.807) is 0 Å². The lowest BCUT2D eigenvalue weighted by Crippen LogP contribution is -2.29. The van der Waals surface area contributed by atoms with Crippen LogP contribution in [0.5, 0.6) is 0 Å². The van der Waals surface area contributed by atoms with Crippen LogP contribution in [0.4, 0.5) is 5.95 Å². The van der Waals surface area contributed by atoms with Crippen molar-refractivity contribution in [3.05, 3.63) is 85.2 Å². The maximum Gasteiger partial charge on any atom is 0.370 e. The third kappa shape index (κ3) is 2.32. The molecule has 0 amide bonds. The largest absolute Gasteiger partial charge is 0.370 e. The molecule has 0 atom stereocenters. The van der Waals surface area contributed by atoms with Crippen molar-refractivity contribution in [1.82, 2.24) is 14.4 Å². The van der Waals surface area contributed by atoms with Crippen molar-refractivity contribution in [3.63, 3.8) is 0 Å². The first kappa shape index (κ1) is 16.9. The number of hydrogen-bond donors (Lipinski definition) is 0. The molecule has 0 aliphatic heterocycles. The zero-order chi connectivity index (χ0) is 20.2. The third-order valence-corrected chi connectivity index (χ3v) is 5.59. The summed E-state index contributed by atoms with van der Waals surface area (Å²) < 4.78 is 4.53. The summed E-state index contributed by atoms with van der Waals surface area (Å²) in [5.41, 5.74) is 5.94. The van der Waals surface area contributed by atoms with Gasteiger partial charge in [-0.15, -0.1) is 0 Å². The second kappa shape index (κ2) is 6.26. The molecule has 0 saturated carbocycles. The predicted octanol–water partition coefficient (Wildman–Crippen LogP) is 4.51. The Kier molecular flexibility index (Phi) is 3.53. The van der Waals surface area contributed by atoms with Gasteiger partial charge in [-0.1, -0.05) is 36.4 Å². The summed E-state index contributed by atoms with van der Waals surface area (Å²) in [6, 6.07) is 25.1. The van der Waals surface area contributed by atoms with Crippen molar-refractivity contribution in [1.29, 1.82) is 0 Å². The molecule has 6 rings (SSSR count). The monoisotopic (exact) mass is 390 g/mol. The lowest BCUT2D eigenvalue weighted by atomic mass is 10.1. The first-order valence-electron chi connectivity index (χ1n) is 9.98. The van der Waals surface area contributed by atoms with E-state index < -0.39 is 0 Å². The zero-order valence-corrected chi connectivity index (χ0v) is 16.8. The molecule has 2 aromatic carbocycles. The highest BCUT2D eigenvalue weighted by atomic mass is 15.3. The zero-order valence-electron chi connectivity index (χ0n) is 16.8.